The molecule has 1 heterocycles. The molecule has 0 amide bonds. The van der Waals surface area contributed by atoms with E-state index in [1.54, 1.807) is 30.3 Å². The summed E-state index contributed by atoms with van der Waals surface area (Å²) in [7, 11) is 0. The summed E-state index contributed by atoms with van der Waals surface area (Å²) in [6.45, 7) is -0.0515. The topological polar surface area (TPSA) is 69.6 Å². The van der Waals surface area contributed by atoms with Crippen LogP contribution in [0.25, 0.3) is 5.69 Å². The number of para-hydroxylation sites is 1. The largest absolute Gasteiger partial charge is 0.401 e. The summed E-state index contributed by atoms with van der Waals surface area (Å²) in [6.07, 6.45) is -4.53. The molecule has 1 atom stereocenters. The Morgan fingerprint density at radius 2 is 1.95 bits per heavy atom. The van der Waals surface area contributed by atoms with Crippen molar-refractivity contribution in [2.45, 2.75) is 23.0 Å². The predicted octanol–water partition coefficient (Wildman–Crippen LogP) is 2.03. The maximum absolute atomic E-state index is 12.9. The minimum Gasteiger partial charge on any atom is -0.330 e. The Morgan fingerprint density at radius 1 is 1.25 bits per heavy atom. The molecule has 2 aromatic rings. The fourth-order valence-corrected chi connectivity index (χ4v) is 2.52. The minimum absolute atomic E-state index is 0.0515. The van der Waals surface area contributed by atoms with Crippen molar-refractivity contribution in [1.82, 2.24) is 20.2 Å². The Hall–Kier alpha value is -1.61. The van der Waals surface area contributed by atoms with Crippen LogP contribution >= 0.6 is 11.8 Å². The van der Waals surface area contributed by atoms with Crippen LogP contribution in [0.3, 0.4) is 0 Å². The monoisotopic (exact) mass is 303 g/mol. The summed E-state index contributed by atoms with van der Waals surface area (Å²) in [5.74, 6) is 0. The van der Waals surface area contributed by atoms with Crippen molar-refractivity contribution in [3.05, 3.63) is 30.3 Å². The van der Waals surface area contributed by atoms with Gasteiger partial charge in [0, 0.05) is 0 Å². The van der Waals surface area contributed by atoms with Gasteiger partial charge in [0.1, 0.15) is 5.25 Å². The van der Waals surface area contributed by atoms with E-state index >= 15 is 0 Å². The van der Waals surface area contributed by atoms with Crippen LogP contribution in [0.15, 0.2) is 35.5 Å². The molecule has 2 rings (SSSR count). The summed E-state index contributed by atoms with van der Waals surface area (Å²) >= 11 is 0.570. The number of rotatable bonds is 5. The first-order chi connectivity index (χ1) is 9.52. The Bertz CT molecular complexity index is 542. The second-order valence-electron chi connectivity index (χ2n) is 3.93. The van der Waals surface area contributed by atoms with Gasteiger partial charge in [0.05, 0.1) is 5.69 Å². The van der Waals surface area contributed by atoms with E-state index in [9.17, 15) is 13.2 Å². The molecule has 0 aliphatic carbocycles. The van der Waals surface area contributed by atoms with Crippen LogP contribution in [0, 0.1) is 0 Å². The van der Waals surface area contributed by atoms with Gasteiger partial charge in [-0.1, -0.05) is 30.0 Å². The van der Waals surface area contributed by atoms with Gasteiger partial charge in [-0.25, -0.2) is 0 Å². The van der Waals surface area contributed by atoms with Crippen molar-refractivity contribution in [2.24, 2.45) is 5.73 Å². The second kappa shape index (κ2) is 6.23. The fourth-order valence-electron chi connectivity index (χ4n) is 1.55. The Balaban J connectivity index is 2.24. The maximum atomic E-state index is 12.9. The highest BCUT2D eigenvalue weighted by atomic mass is 32.2. The van der Waals surface area contributed by atoms with Gasteiger partial charge in [-0.2, -0.15) is 17.9 Å². The van der Waals surface area contributed by atoms with Crippen molar-refractivity contribution in [2.75, 3.05) is 6.54 Å². The van der Waals surface area contributed by atoms with Crippen molar-refractivity contribution < 1.29 is 13.2 Å². The molecule has 0 bridgehead atoms. The van der Waals surface area contributed by atoms with Crippen LogP contribution in [0.4, 0.5) is 13.2 Å². The molecular weight excluding hydrogens is 291 g/mol. The molecule has 0 aliphatic heterocycles. The van der Waals surface area contributed by atoms with Crippen LogP contribution in [-0.4, -0.2) is 38.2 Å². The molecule has 0 radical (unpaired) electrons. The quantitative estimate of drug-likeness (QED) is 0.856. The highest BCUT2D eigenvalue weighted by Crippen LogP contribution is 2.36. The Kier molecular flexibility index (Phi) is 4.61. The number of aromatic nitrogens is 4. The van der Waals surface area contributed by atoms with Gasteiger partial charge in [-0.3, -0.25) is 0 Å². The molecule has 5 nitrogen and oxygen atoms in total. The number of nitrogens with two attached hydrogens (primary N) is 1. The molecule has 0 spiro atoms. The number of tetrazole rings is 1. The van der Waals surface area contributed by atoms with Gasteiger partial charge in [-0.05, 0) is 35.5 Å². The summed E-state index contributed by atoms with van der Waals surface area (Å²) in [4.78, 5) is 0. The number of thioether (sulfide) groups is 1. The lowest BCUT2D eigenvalue weighted by Gasteiger charge is -2.18. The zero-order valence-electron chi connectivity index (χ0n) is 10.3. The number of halogens is 3. The van der Waals surface area contributed by atoms with Gasteiger partial charge < -0.3 is 5.73 Å². The standard InChI is InChI=1S/C11H12F3N5S/c12-11(13,14)9(6-7-15)20-10-16-17-18-19(10)8-4-2-1-3-5-8/h1-5,9H,6-7,15H2. The molecular formula is C11H12F3N5S. The number of hydrogen-bond acceptors (Lipinski definition) is 5. The number of benzene rings is 1. The van der Waals surface area contributed by atoms with E-state index in [0.717, 1.165) is 0 Å². The summed E-state index contributed by atoms with van der Waals surface area (Å²) in [6, 6.07) is 8.74. The summed E-state index contributed by atoms with van der Waals surface area (Å²) in [5.41, 5.74) is 5.84. The normalized spacial score (nSPS) is 13.4. The van der Waals surface area contributed by atoms with Crippen LogP contribution in [0.5, 0.6) is 0 Å². The van der Waals surface area contributed by atoms with Gasteiger partial charge in [0.2, 0.25) is 5.16 Å². The number of hydrogen-bond donors (Lipinski definition) is 1. The fraction of sp³-hybridized carbons (Fsp3) is 0.364. The van der Waals surface area contributed by atoms with Crippen molar-refractivity contribution in [3.63, 3.8) is 0 Å². The van der Waals surface area contributed by atoms with Crippen LogP contribution in [-0.2, 0) is 0 Å². The van der Waals surface area contributed by atoms with Gasteiger partial charge in [-0.15, -0.1) is 5.10 Å². The molecule has 108 valence electrons. The molecule has 0 saturated heterocycles. The Morgan fingerprint density at radius 3 is 2.55 bits per heavy atom. The predicted molar refractivity (Wildman–Crippen MR) is 68.5 cm³/mol. The lowest BCUT2D eigenvalue weighted by molar-refractivity contribution is -0.129. The molecule has 20 heavy (non-hydrogen) atoms. The Labute approximate surface area is 117 Å². The SMILES string of the molecule is NCCC(Sc1nnnn1-c1ccccc1)C(F)(F)F. The van der Waals surface area contributed by atoms with Crippen molar-refractivity contribution >= 4 is 11.8 Å². The zero-order valence-corrected chi connectivity index (χ0v) is 11.1. The zero-order chi connectivity index (χ0) is 14.6. The third-order valence-electron chi connectivity index (χ3n) is 2.48. The number of alkyl halides is 3. The van der Waals surface area contributed by atoms with Gasteiger partial charge in [0.25, 0.3) is 0 Å². The van der Waals surface area contributed by atoms with E-state index in [1.807, 2.05) is 0 Å². The molecule has 1 aromatic carbocycles. The third kappa shape index (κ3) is 3.48. The van der Waals surface area contributed by atoms with E-state index < -0.39 is 11.4 Å². The molecule has 1 unspecified atom stereocenters. The third-order valence-corrected chi connectivity index (χ3v) is 3.74. The molecule has 2 N–H and O–H groups in total. The highest BCUT2D eigenvalue weighted by molar-refractivity contribution is 7.99. The van der Waals surface area contributed by atoms with E-state index in [-0.39, 0.29) is 18.1 Å². The smallest absolute Gasteiger partial charge is 0.330 e. The summed E-state index contributed by atoms with van der Waals surface area (Å²) < 4.78 is 39.9. The summed E-state index contributed by atoms with van der Waals surface area (Å²) in [5, 5.41) is 9.27. The second-order valence-corrected chi connectivity index (χ2v) is 5.10. The van der Waals surface area contributed by atoms with Crippen LogP contribution in [0.1, 0.15) is 6.42 Å². The van der Waals surface area contributed by atoms with Crippen molar-refractivity contribution in [1.29, 1.82) is 0 Å². The number of nitrogens with zero attached hydrogens (tertiary/aromatic N) is 4. The van der Waals surface area contributed by atoms with Gasteiger partial charge >= 0.3 is 6.18 Å². The van der Waals surface area contributed by atoms with E-state index in [0.29, 0.717) is 17.4 Å². The first-order valence-corrected chi connectivity index (χ1v) is 6.67. The van der Waals surface area contributed by atoms with Crippen LogP contribution in [0.2, 0.25) is 0 Å². The van der Waals surface area contributed by atoms with E-state index in [4.69, 9.17) is 5.73 Å². The van der Waals surface area contributed by atoms with Crippen molar-refractivity contribution in [3.8, 4) is 5.69 Å². The highest BCUT2D eigenvalue weighted by Gasteiger charge is 2.40. The molecule has 0 saturated carbocycles. The average molecular weight is 303 g/mol. The average Bonchev–Trinajstić information content (AvgIpc) is 2.86. The molecule has 1 aromatic heterocycles. The van der Waals surface area contributed by atoms with Crippen LogP contribution < -0.4 is 5.73 Å². The first-order valence-electron chi connectivity index (χ1n) is 5.79. The first kappa shape index (κ1) is 14.8. The molecule has 9 heteroatoms. The lowest BCUT2D eigenvalue weighted by atomic mass is 10.3. The minimum atomic E-state index is -4.35. The maximum Gasteiger partial charge on any atom is 0.401 e. The lowest BCUT2D eigenvalue weighted by Crippen LogP contribution is -2.28. The van der Waals surface area contributed by atoms with E-state index in [1.165, 1.54) is 4.68 Å². The van der Waals surface area contributed by atoms with E-state index in [2.05, 4.69) is 15.5 Å². The molecule has 0 aliphatic rings. The molecule has 0 fully saturated rings. The van der Waals surface area contributed by atoms with Gasteiger partial charge in [0.15, 0.2) is 0 Å².